The van der Waals surface area contributed by atoms with Crippen molar-refractivity contribution in [2.75, 3.05) is 12.8 Å². The van der Waals surface area contributed by atoms with Gasteiger partial charge in [0.15, 0.2) is 9.84 Å². The van der Waals surface area contributed by atoms with Crippen LogP contribution in [0.25, 0.3) is 0 Å². The van der Waals surface area contributed by atoms with Gasteiger partial charge in [-0.3, -0.25) is 9.78 Å². The van der Waals surface area contributed by atoms with E-state index in [0.717, 1.165) is 16.8 Å². The van der Waals surface area contributed by atoms with Gasteiger partial charge in [0.2, 0.25) is 5.91 Å². The largest absolute Gasteiger partial charge is 0.343 e. The molecule has 1 aromatic carbocycles. The molecule has 2 aromatic rings. The van der Waals surface area contributed by atoms with E-state index in [4.69, 9.17) is 0 Å². The highest BCUT2D eigenvalue weighted by Crippen LogP contribution is 2.14. The van der Waals surface area contributed by atoms with Crippen molar-refractivity contribution < 1.29 is 13.2 Å². The minimum Gasteiger partial charge on any atom is -0.343 e. The first kappa shape index (κ1) is 20.1. The molecular weight excluding hydrogens is 348 g/mol. The maximum Gasteiger partial charge on any atom is 0.223 e. The van der Waals surface area contributed by atoms with Crippen molar-refractivity contribution in [1.29, 1.82) is 0 Å². The highest BCUT2D eigenvalue weighted by molar-refractivity contribution is 7.91. The highest BCUT2D eigenvalue weighted by Gasteiger charge is 2.21. The van der Waals surface area contributed by atoms with Gasteiger partial charge in [-0.1, -0.05) is 17.7 Å². The molecule has 0 spiro atoms. The molecule has 0 aliphatic carbocycles. The van der Waals surface area contributed by atoms with Crippen molar-refractivity contribution >= 4 is 15.7 Å². The third-order valence-corrected chi connectivity index (χ3v) is 6.23. The van der Waals surface area contributed by atoms with Gasteiger partial charge in [0, 0.05) is 37.8 Å². The lowest BCUT2D eigenvalue weighted by molar-refractivity contribution is -0.131. The zero-order valence-corrected chi connectivity index (χ0v) is 16.6. The first-order chi connectivity index (χ1) is 12.2. The summed E-state index contributed by atoms with van der Waals surface area (Å²) >= 11 is 0. The first-order valence-electron chi connectivity index (χ1n) is 8.65. The van der Waals surface area contributed by atoms with Crippen LogP contribution in [-0.2, 0) is 21.1 Å². The fourth-order valence-corrected chi connectivity index (χ4v) is 3.89. The molecule has 1 atom stereocenters. The van der Waals surface area contributed by atoms with Crippen LogP contribution >= 0.6 is 0 Å². The lowest BCUT2D eigenvalue weighted by Gasteiger charge is -2.25. The van der Waals surface area contributed by atoms with Crippen LogP contribution in [0.2, 0.25) is 0 Å². The van der Waals surface area contributed by atoms with E-state index in [2.05, 4.69) is 4.98 Å². The van der Waals surface area contributed by atoms with E-state index in [-0.39, 0.29) is 29.0 Å². The van der Waals surface area contributed by atoms with Crippen molar-refractivity contribution in [3.05, 3.63) is 59.4 Å². The topological polar surface area (TPSA) is 67.3 Å². The van der Waals surface area contributed by atoms with Crippen LogP contribution in [0.3, 0.4) is 0 Å². The molecule has 6 heteroatoms. The van der Waals surface area contributed by atoms with Crippen molar-refractivity contribution in [2.24, 2.45) is 0 Å². The quantitative estimate of drug-likeness (QED) is 0.747. The third kappa shape index (κ3) is 5.39. The van der Waals surface area contributed by atoms with Crippen LogP contribution in [-0.4, -0.2) is 43.1 Å². The molecular formula is C20H26N2O3S. The predicted octanol–water partition coefficient (Wildman–Crippen LogP) is 2.95. The van der Waals surface area contributed by atoms with Gasteiger partial charge in [0.05, 0.1) is 10.6 Å². The zero-order chi connectivity index (χ0) is 19.3. The van der Waals surface area contributed by atoms with Gasteiger partial charge < -0.3 is 4.90 Å². The minimum absolute atomic E-state index is 0.0295. The van der Waals surface area contributed by atoms with Crippen LogP contribution in [0.4, 0.5) is 0 Å². The van der Waals surface area contributed by atoms with Gasteiger partial charge in [-0.2, -0.15) is 0 Å². The molecule has 5 nitrogen and oxygen atoms in total. The van der Waals surface area contributed by atoms with Crippen molar-refractivity contribution in [3.8, 4) is 0 Å². The molecule has 0 N–H and O–H groups in total. The lowest BCUT2D eigenvalue weighted by Crippen LogP contribution is -2.37. The number of carbonyl (C=O) groups is 1. The van der Waals surface area contributed by atoms with E-state index in [1.54, 1.807) is 42.4 Å². The molecule has 0 radical (unpaired) electrons. The van der Waals surface area contributed by atoms with Gasteiger partial charge in [0.25, 0.3) is 0 Å². The molecule has 2 rings (SSSR count). The van der Waals surface area contributed by atoms with Gasteiger partial charge in [0.1, 0.15) is 0 Å². The van der Waals surface area contributed by atoms with Gasteiger partial charge in [-0.25, -0.2) is 8.42 Å². The van der Waals surface area contributed by atoms with Crippen molar-refractivity contribution in [1.82, 2.24) is 9.88 Å². The number of rotatable bonds is 7. The summed E-state index contributed by atoms with van der Waals surface area (Å²) < 4.78 is 24.8. The standard InChI is InChI=1S/C20H26N2O3S/c1-15-5-7-19(8-6-15)26(24,25)12-10-20(23)22(4)17(3)14-18-13-16(2)9-11-21-18/h5-9,11,13,17H,10,12,14H2,1-4H3/t17-/m0/s1. The van der Waals surface area contributed by atoms with Crippen LogP contribution in [0, 0.1) is 13.8 Å². The summed E-state index contributed by atoms with van der Waals surface area (Å²) in [6, 6.07) is 10.6. The van der Waals surface area contributed by atoms with Crippen LogP contribution < -0.4 is 0 Å². The number of sulfone groups is 1. The average Bonchev–Trinajstić information content (AvgIpc) is 2.59. The van der Waals surface area contributed by atoms with E-state index in [0.29, 0.717) is 6.42 Å². The number of hydrogen-bond donors (Lipinski definition) is 0. The molecule has 140 valence electrons. The summed E-state index contributed by atoms with van der Waals surface area (Å²) in [5.41, 5.74) is 3.04. The van der Waals surface area contributed by atoms with E-state index >= 15 is 0 Å². The number of hydrogen-bond acceptors (Lipinski definition) is 4. The average molecular weight is 375 g/mol. The molecule has 1 amide bonds. The van der Waals surface area contributed by atoms with Crippen LogP contribution in [0.1, 0.15) is 30.2 Å². The Kier molecular flexibility index (Phi) is 6.53. The van der Waals surface area contributed by atoms with E-state index in [1.165, 1.54) is 0 Å². The number of pyridine rings is 1. The molecule has 0 saturated heterocycles. The Morgan fingerprint density at radius 3 is 2.38 bits per heavy atom. The number of carbonyl (C=O) groups excluding carboxylic acids is 1. The van der Waals surface area contributed by atoms with Crippen LogP contribution in [0.15, 0.2) is 47.5 Å². The Bertz CT molecular complexity index is 861. The zero-order valence-electron chi connectivity index (χ0n) is 15.8. The number of aryl methyl sites for hydroxylation is 2. The Hall–Kier alpha value is -2.21. The lowest BCUT2D eigenvalue weighted by atomic mass is 10.1. The monoisotopic (exact) mass is 374 g/mol. The van der Waals surface area contributed by atoms with E-state index in [9.17, 15) is 13.2 Å². The fourth-order valence-electron chi connectivity index (χ4n) is 2.66. The van der Waals surface area contributed by atoms with Crippen molar-refractivity contribution in [3.63, 3.8) is 0 Å². The molecule has 0 aliphatic heterocycles. The maximum absolute atomic E-state index is 12.4. The molecule has 0 aliphatic rings. The summed E-state index contributed by atoms with van der Waals surface area (Å²) in [5, 5.41) is 0. The molecule has 26 heavy (non-hydrogen) atoms. The Morgan fingerprint density at radius 1 is 1.12 bits per heavy atom. The van der Waals surface area contributed by atoms with Crippen LogP contribution in [0.5, 0.6) is 0 Å². The summed E-state index contributed by atoms with van der Waals surface area (Å²) in [5.74, 6) is -0.366. The molecule has 1 aromatic heterocycles. The van der Waals surface area contributed by atoms with Gasteiger partial charge in [-0.05, 0) is 50.6 Å². The smallest absolute Gasteiger partial charge is 0.223 e. The number of likely N-dealkylation sites (N-methyl/N-ethyl adjacent to an activating group) is 1. The first-order valence-corrected chi connectivity index (χ1v) is 10.3. The summed E-state index contributed by atoms with van der Waals surface area (Å²) in [7, 11) is -1.75. The summed E-state index contributed by atoms with van der Waals surface area (Å²) in [4.78, 5) is 18.6. The second-order valence-electron chi connectivity index (χ2n) is 6.76. The highest BCUT2D eigenvalue weighted by atomic mass is 32.2. The minimum atomic E-state index is -3.46. The molecule has 0 bridgehead atoms. The summed E-state index contributed by atoms with van der Waals surface area (Å²) in [6.07, 6.45) is 2.36. The summed E-state index contributed by atoms with van der Waals surface area (Å²) in [6.45, 7) is 5.84. The van der Waals surface area contributed by atoms with Gasteiger partial charge >= 0.3 is 0 Å². The molecule has 0 fully saturated rings. The Morgan fingerprint density at radius 2 is 1.77 bits per heavy atom. The van der Waals surface area contributed by atoms with E-state index < -0.39 is 9.84 Å². The molecule has 1 heterocycles. The second-order valence-corrected chi connectivity index (χ2v) is 8.87. The molecule has 0 unspecified atom stereocenters. The number of benzene rings is 1. The Labute approximate surface area is 156 Å². The second kappa shape index (κ2) is 8.45. The number of amides is 1. The van der Waals surface area contributed by atoms with E-state index in [1.807, 2.05) is 32.9 Å². The Balaban J connectivity index is 1.94. The predicted molar refractivity (Wildman–Crippen MR) is 103 cm³/mol. The normalized spacial score (nSPS) is 12.6. The maximum atomic E-state index is 12.4. The number of nitrogens with zero attached hydrogens (tertiary/aromatic N) is 2. The van der Waals surface area contributed by atoms with Gasteiger partial charge in [-0.15, -0.1) is 0 Å². The molecule has 0 saturated carbocycles. The fraction of sp³-hybridized carbons (Fsp3) is 0.400. The third-order valence-electron chi connectivity index (χ3n) is 4.50. The SMILES string of the molecule is Cc1ccc(S(=O)(=O)CCC(=O)N(C)[C@@H](C)Cc2cc(C)ccn2)cc1. The van der Waals surface area contributed by atoms with Crippen molar-refractivity contribution in [2.45, 2.75) is 44.6 Å². The number of aromatic nitrogens is 1.